The third-order valence-corrected chi connectivity index (χ3v) is 6.75. The minimum atomic E-state index is -3.91. The molecule has 0 radical (unpaired) electrons. The molecule has 0 aromatic heterocycles. The first kappa shape index (κ1) is 20.5. The van der Waals surface area contributed by atoms with Crippen molar-refractivity contribution in [2.24, 2.45) is 5.92 Å². The molecule has 5 nitrogen and oxygen atoms in total. The summed E-state index contributed by atoms with van der Waals surface area (Å²) in [5.74, 6) is -1.16. The molecule has 2 fully saturated rings. The number of benzene rings is 1. The normalized spacial score (nSPS) is 21.0. The van der Waals surface area contributed by atoms with Gasteiger partial charge in [-0.2, -0.15) is 4.31 Å². The van der Waals surface area contributed by atoms with E-state index in [4.69, 9.17) is 0 Å². The third-order valence-electron chi connectivity index (χ3n) is 4.82. The Kier molecular flexibility index (Phi) is 7.16. The molecule has 1 N–H and O–H groups in total. The molecule has 3 rings (SSSR count). The first-order chi connectivity index (χ1) is 11.5. The lowest BCUT2D eigenvalue weighted by molar-refractivity contribution is 0.152. The molecule has 0 spiro atoms. The number of nitrogens with zero attached hydrogens (tertiary/aromatic N) is 2. The highest BCUT2D eigenvalue weighted by atomic mass is 35.5. The van der Waals surface area contributed by atoms with Gasteiger partial charge in [-0.05, 0) is 44.0 Å². The van der Waals surface area contributed by atoms with Crippen LogP contribution in [0, 0.1) is 17.6 Å². The Bertz CT molecular complexity index is 676. The maximum atomic E-state index is 13.8. The zero-order valence-corrected chi connectivity index (χ0v) is 15.6. The number of hydrogen-bond donors (Lipinski definition) is 1. The number of sulfonamides is 1. The lowest BCUT2D eigenvalue weighted by Gasteiger charge is -2.36. The maximum absolute atomic E-state index is 13.8. The van der Waals surface area contributed by atoms with Crippen molar-refractivity contribution in [1.82, 2.24) is 14.5 Å². The van der Waals surface area contributed by atoms with Gasteiger partial charge in [-0.1, -0.05) is 0 Å². The molecule has 0 aliphatic carbocycles. The van der Waals surface area contributed by atoms with E-state index in [1.54, 1.807) is 0 Å². The van der Waals surface area contributed by atoms with Crippen LogP contribution < -0.4 is 5.32 Å². The Morgan fingerprint density at radius 1 is 1.08 bits per heavy atom. The van der Waals surface area contributed by atoms with Crippen LogP contribution >= 0.6 is 12.4 Å². The van der Waals surface area contributed by atoms with E-state index in [-0.39, 0.29) is 12.4 Å². The van der Waals surface area contributed by atoms with E-state index in [1.165, 1.54) is 4.31 Å². The van der Waals surface area contributed by atoms with Crippen LogP contribution in [0.15, 0.2) is 23.1 Å². The van der Waals surface area contributed by atoms with Crippen LogP contribution in [0.2, 0.25) is 0 Å². The summed E-state index contributed by atoms with van der Waals surface area (Å²) in [4.78, 5) is 1.83. The average Bonchev–Trinajstić information content (AvgIpc) is 2.56. The van der Waals surface area contributed by atoms with Gasteiger partial charge < -0.3 is 10.2 Å². The molecule has 25 heavy (non-hydrogen) atoms. The zero-order chi connectivity index (χ0) is 17.2. The quantitative estimate of drug-likeness (QED) is 0.843. The van der Waals surface area contributed by atoms with Crippen LogP contribution in [0.3, 0.4) is 0 Å². The topological polar surface area (TPSA) is 52.7 Å². The predicted molar refractivity (Wildman–Crippen MR) is 94.4 cm³/mol. The Morgan fingerprint density at radius 3 is 2.32 bits per heavy atom. The number of piperidine rings is 1. The van der Waals surface area contributed by atoms with Gasteiger partial charge in [0.05, 0.1) is 0 Å². The highest BCUT2D eigenvalue weighted by Gasteiger charge is 2.31. The van der Waals surface area contributed by atoms with E-state index in [9.17, 15) is 17.2 Å². The van der Waals surface area contributed by atoms with Gasteiger partial charge in [0, 0.05) is 38.8 Å². The van der Waals surface area contributed by atoms with E-state index in [1.807, 2.05) is 0 Å². The van der Waals surface area contributed by atoms with Gasteiger partial charge in [0.1, 0.15) is 16.5 Å². The summed E-state index contributed by atoms with van der Waals surface area (Å²) in [6.07, 6.45) is 2.30. The number of nitrogens with one attached hydrogen (secondary N) is 1. The number of piperazine rings is 1. The molecule has 142 valence electrons. The van der Waals surface area contributed by atoms with Crippen LogP contribution in [-0.2, 0) is 10.0 Å². The average molecular weight is 396 g/mol. The fourth-order valence-corrected chi connectivity index (χ4v) is 4.87. The van der Waals surface area contributed by atoms with Gasteiger partial charge in [0.2, 0.25) is 10.0 Å². The molecule has 1 aromatic rings. The Morgan fingerprint density at radius 2 is 1.72 bits per heavy atom. The van der Waals surface area contributed by atoms with Crippen LogP contribution in [0.25, 0.3) is 0 Å². The van der Waals surface area contributed by atoms with E-state index in [2.05, 4.69) is 10.2 Å². The summed E-state index contributed by atoms with van der Waals surface area (Å²) < 4.78 is 53.2. The van der Waals surface area contributed by atoms with Crippen molar-refractivity contribution in [2.75, 3.05) is 45.8 Å². The van der Waals surface area contributed by atoms with Crippen LogP contribution in [0.4, 0.5) is 8.78 Å². The van der Waals surface area contributed by atoms with Crippen LogP contribution in [-0.4, -0.2) is 63.4 Å². The molecular weight excluding hydrogens is 372 g/mol. The SMILES string of the molecule is Cl.O=S(=O)(c1ccc(F)cc1F)N1CCN(CC2CCNCC2)CC1. The summed E-state index contributed by atoms with van der Waals surface area (Å²) in [5, 5.41) is 3.34. The van der Waals surface area contributed by atoms with E-state index in [0.29, 0.717) is 38.2 Å². The van der Waals surface area contributed by atoms with Gasteiger partial charge in [0.25, 0.3) is 0 Å². The molecule has 2 heterocycles. The lowest BCUT2D eigenvalue weighted by atomic mass is 9.97. The molecule has 0 atom stereocenters. The minimum Gasteiger partial charge on any atom is -0.317 e. The summed E-state index contributed by atoms with van der Waals surface area (Å²) in [7, 11) is -3.91. The Labute approximate surface area is 153 Å². The standard InChI is InChI=1S/C16H23F2N3O2S.ClH/c17-14-1-2-16(15(18)11-14)24(22,23)21-9-7-20(8-10-21)12-13-3-5-19-6-4-13;/h1-2,11,13,19H,3-10,12H2;1H. The van der Waals surface area contributed by atoms with Gasteiger partial charge in [-0.3, -0.25) is 0 Å². The monoisotopic (exact) mass is 395 g/mol. The zero-order valence-electron chi connectivity index (χ0n) is 14.0. The summed E-state index contributed by atoms with van der Waals surface area (Å²) >= 11 is 0. The lowest BCUT2D eigenvalue weighted by Crippen LogP contribution is -2.50. The molecule has 2 aliphatic rings. The second kappa shape index (κ2) is 8.73. The molecule has 2 aliphatic heterocycles. The minimum absolute atomic E-state index is 0. The van der Waals surface area contributed by atoms with Crippen LogP contribution in [0.1, 0.15) is 12.8 Å². The first-order valence-electron chi connectivity index (χ1n) is 8.35. The van der Waals surface area contributed by atoms with Crippen LogP contribution in [0.5, 0.6) is 0 Å². The fourth-order valence-electron chi connectivity index (χ4n) is 3.41. The van der Waals surface area contributed by atoms with Crippen molar-refractivity contribution < 1.29 is 17.2 Å². The van der Waals surface area contributed by atoms with Crippen molar-refractivity contribution in [3.8, 4) is 0 Å². The molecule has 9 heteroatoms. The largest absolute Gasteiger partial charge is 0.317 e. The molecule has 2 saturated heterocycles. The number of halogens is 3. The highest BCUT2D eigenvalue weighted by molar-refractivity contribution is 7.89. The van der Waals surface area contributed by atoms with Gasteiger partial charge in [0.15, 0.2) is 0 Å². The molecule has 1 aromatic carbocycles. The Balaban J connectivity index is 0.00000225. The molecule has 0 bridgehead atoms. The van der Waals surface area contributed by atoms with E-state index in [0.717, 1.165) is 44.6 Å². The van der Waals surface area contributed by atoms with Gasteiger partial charge in [-0.25, -0.2) is 17.2 Å². The van der Waals surface area contributed by atoms with Crippen molar-refractivity contribution in [3.05, 3.63) is 29.8 Å². The van der Waals surface area contributed by atoms with E-state index < -0.39 is 26.6 Å². The predicted octanol–water partition coefficient (Wildman–Crippen LogP) is 1.69. The highest BCUT2D eigenvalue weighted by Crippen LogP contribution is 2.22. The maximum Gasteiger partial charge on any atom is 0.246 e. The fraction of sp³-hybridized carbons (Fsp3) is 0.625. The number of hydrogen-bond acceptors (Lipinski definition) is 4. The van der Waals surface area contributed by atoms with Crippen molar-refractivity contribution in [1.29, 1.82) is 0 Å². The van der Waals surface area contributed by atoms with Crippen molar-refractivity contribution in [3.63, 3.8) is 0 Å². The third kappa shape index (κ3) is 4.89. The Hall–Kier alpha value is -0.800. The van der Waals surface area contributed by atoms with Gasteiger partial charge >= 0.3 is 0 Å². The summed E-state index contributed by atoms with van der Waals surface area (Å²) in [5.41, 5.74) is 0. The summed E-state index contributed by atoms with van der Waals surface area (Å²) in [6, 6.07) is 2.59. The smallest absolute Gasteiger partial charge is 0.246 e. The molecular formula is C16H24ClF2N3O2S. The van der Waals surface area contributed by atoms with Crippen molar-refractivity contribution >= 4 is 22.4 Å². The van der Waals surface area contributed by atoms with Gasteiger partial charge in [-0.15, -0.1) is 12.4 Å². The summed E-state index contributed by atoms with van der Waals surface area (Å²) in [6.45, 7) is 5.04. The number of rotatable bonds is 4. The van der Waals surface area contributed by atoms with Crippen molar-refractivity contribution in [2.45, 2.75) is 17.7 Å². The van der Waals surface area contributed by atoms with E-state index >= 15 is 0 Å². The second-order valence-corrected chi connectivity index (χ2v) is 8.38. The molecule has 0 saturated carbocycles. The molecule has 0 amide bonds. The molecule has 0 unspecified atom stereocenters. The first-order valence-corrected chi connectivity index (χ1v) is 9.79. The second-order valence-electron chi connectivity index (χ2n) is 6.47.